The number of aryl methyl sites for hydroxylation is 2. The Morgan fingerprint density at radius 2 is 1.96 bits per heavy atom. The predicted molar refractivity (Wildman–Crippen MR) is 99.3 cm³/mol. The number of rotatable bonds is 7. The molecule has 0 amide bonds. The van der Waals surface area contributed by atoms with Gasteiger partial charge in [0.1, 0.15) is 16.3 Å². The molecule has 2 heterocycles. The molecule has 148 valence electrons. The Labute approximate surface area is 159 Å². The Balaban J connectivity index is 1.88. The molecule has 8 nitrogen and oxygen atoms in total. The van der Waals surface area contributed by atoms with E-state index in [-0.39, 0.29) is 23.2 Å². The zero-order valence-electron chi connectivity index (χ0n) is 15.8. The van der Waals surface area contributed by atoms with E-state index in [2.05, 4.69) is 14.8 Å². The molecular formula is C18H25N3O5S. The molecule has 1 N–H and O–H groups in total. The van der Waals surface area contributed by atoms with Crippen molar-refractivity contribution in [1.29, 1.82) is 0 Å². The summed E-state index contributed by atoms with van der Waals surface area (Å²) in [5.41, 5.74) is 1.28. The van der Waals surface area contributed by atoms with Crippen molar-refractivity contribution in [3.63, 3.8) is 0 Å². The first-order valence-electron chi connectivity index (χ1n) is 8.81. The Kier molecular flexibility index (Phi) is 6.15. The third-order valence-corrected chi connectivity index (χ3v) is 6.35. The van der Waals surface area contributed by atoms with Crippen LogP contribution in [0, 0.1) is 13.8 Å². The Morgan fingerprint density at radius 1 is 1.26 bits per heavy atom. The van der Waals surface area contributed by atoms with Gasteiger partial charge >= 0.3 is 0 Å². The van der Waals surface area contributed by atoms with E-state index < -0.39 is 10.0 Å². The van der Waals surface area contributed by atoms with Crippen molar-refractivity contribution >= 4 is 10.0 Å². The van der Waals surface area contributed by atoms with Gasteiger partial charge in [-0.3, -0.25) is 4.90 Å². The second kappa shape index (κ2) is 8.39. The van der Waals surface area contributed by atoms with Crippen LogP contribution in [-0.4, -0.2) is 58.4 Å². The molecule has 1 saturated heterocycles. The molecule has 1 aliphatic rings. The summed E-state index contributed by atoms with van der Waals surface area (Å²) in [7, 11) is -2.13. The number of para-hydroxylation sites is 1. The number of nitrogens with zero attached hydrogens (tertiary/aromatic N) is 2. The zero-order valence-corrected chi connectivity index (χ0v) is 16.6. The van der Waals surface area contributed by atoms with Gasteiger partial charge in [-0.2, -0.15) is 0 Å². The number of aromatic nitrogens is 1. The lowest BCUT2D eigenvalue weighted by Crippen LogP contribution is -2.44. The number of hydrogen-bond donors (Lipinski definition) is 1. The van der Waals surface area contributed by atoms with Crippen molar-refractivity contribution in [1.82, 2.24) is 14.8 Å². The molecule has 2 aromatic rings. The predicted octanol–water partition coefficient (Wildman–Crippen LogP) is 1.65. The maximum absolute atomic E-state index is 12.8. The maximum Gasteiger partial charge on any atom is 0.246 e. The van der Waals surface area contributed by atoms with Crippen molar-refractivity contribution in [2.45, 2.75) is 24.8 Å². The highest BCUT2D eigenvalue weighted by Gasteiger charge is 2.29. The van der Waals surface area contributed by atoms with Gasteiger partial charge in [-0.15, -0.1) is 0 Å². The van der Waals surface area contributed by atoms with E-state index in [4.69, 9.17) is 14.0 Å². The van der Waals surface area contributed by atoms with Gasteiger partial charge in [-0.25, -0.2) is 13.1 Å². The highest BCUT2D eigenvalue weighted by Crippen LogP contribution is 2.30. The summed E-state index contributed by atoms with van der Waals surface area (Å²) >= 11 is 0. The number of hydrogen-bond acceptors (Lipinski definition) is 7. The summed E-state index contributed by atoms with van der Waals surface area (Å²) in [4.78, 5) is 2.31. The number of ether oxygens (including phenoxy) is 2. The smallest absolute Gasteiger partial charge is 0.246 e. The van der Waals surface area contributed by atoms with E-state index in [9.17, 15) is 8.42 Å². The maximum atomic E-state index is 12.8. The van der Waals surface area contributed by atoms with Gasteiger partial charge < -0.3 is 14.0 Å². The van der Waals surface area contributed by atoms with Crippen molar-refractivity contribution in [3.05, 3.63) is 41.3 Å². The van der Waals surface area contributed by atoms with Crippen LogP contribution in [0.1, 0.15) is 23.1 Å². The summed E-state index contributed by atoms with van der Waals surface area (Å²) in [5.74, 6) is 1.01. The van der Waals surface area contributed by atoms with E-state index in [0.29, 0.717) is 18.9 Å². The SMILES string of the molecule is COc1ccccc1C(CNS(=O)(=O)c1c(C)noc1C)N1CCOCC1. The molecule has 1 aromatic carbocycles. The summed E-state index contributed by atoms with van der Waals surface area (Å²) < 4.78 is 44.3. The first-order chi connectivity index (χ1) is 12.9. The van der Waals surface area contributed by atoms with Gasteiger partial charge in [0, 0.05) is 25.2 Å². The number of morpholine rings is 1. The fraction of sp³-hybridized carbons (Fsp3) is 0.500. The van der Waals surface area contributed by atoms with Crippen LogP contribution in [-0.2, 0) is 14.8 Å². The van der Waals surface area contributed by atoms with Gasteiger partial charge in [-0.05, 0) is 19.9 Å². The summed E-state index contributed by atoms with van der Waals surface area (Å²) in [5, 5.41) is 3.74. The lowest BCUT2D eigenvalue weighted by Gasteiger charge is -2.35. The standard InChI is InChI=1S/C18H25N3O5S/c1-13-18(14(2)26-20-13)27(22,23)19-12-16(21-8-10-25-11-9-21)15-6-4-5-7-17(15)24-3/h4-7,16,19H,8-12H2,1-3H3. The van der Waals surface area contributed by atoms with Gasteiger partial charge in [0.2, 0.25) is 10.0 Å². The summed E-state index contributed by atoms with van der Waals surface area (Å²) in [6.45, 7) is 6.07. The molecular weight excluding hydrogens is 370 g/mol. The minimum Gasteiger partial charge on any atom is -0.496 e. The molecule has 3 rings (SSSR count). The average Bonchev–Trinajstić information content (AvgIpc) is 3.02. The Hall–Kier alpha value is -1.94. The van der Waals surface area contributed by atoms with Crippen LogP contribution in [0.5, 0.6) is 5.75 Å². The Bertz CT molecular complexity index is 855. The van der Waals surface area contributed by atoms with E-state index in [1.807, 2.05) is 24.3 Å². The van der Waals surface area contributed by atoms with Crippen LogP contribution in [0.4, 0.5) is 0 Å². The number of benzene rings is 1. The third kappa shape index (κ3) is 4.32. The lowest BCUT2D eigenvalue weighted by atomic mass is 10.0. The van der Waals surface area contributed by atoms with Crippen molar-refractivity contribution in [3.8, 4) is 5.75 Å². The zero-order chi connectivity index (χ0) is 19.4. The van der Waals surface area contributed by atoms with Crippen LogP contribution in [0.15, 0.2) is 33.7 Å². The molecule has 1 atom stereocenters. The topological polar surface area (TPSA) is 93.9 Å². The van der Waals surface area contributed by atoms with Crippen LogP contribution in [0.25, 0.3) is 0 Å². The molecule has 1 fully saturated rings. The molecule has 0 saturated carbocycles. The Morgan fingerprint density at radius 3 is 2.59 bits per heavy atom. The van der Waals surface area contributed by atoms with Gasteiger partial charge in [0.05, 0.1) is 26.4 Å². The highest BCUT2D eigenvalue weighted by atomic mass is 32.2. The van der Waals surface area contributed by atoms with E-state index >= 15 is 0 Å². The monoisotopic (exact) mass is 395 g/mol. The van der Waals surface area contributed by atoms with E-state index in [1.165, 1.54) is 0 Å². The molecule has 9 heteroatoms. The first kappa shape index (κ1) is 19.8. The molecule has 0 aliphatic carbocycles. The molecule has 1 unspecified atom stereocenters. The molecule has 1 aromatic heterocycles. The molecule has 0 radical (unpaired) electrons. The van der Waals surface area contributed by atoms with Crippen LogP contribution >= 0.6 is 0 Å². The fourth-order valence-electron chi connectivity index (χ4n) is 3.39. The van der Waals surface area contributed by atoms with Crippen LogP contribution in [0.3, 0.4) is 0 Å². The van der Waals surface area contributed by atoms with Crippen LogP contribution in [0.2, 0.25) is 0 Å². The number of sulfonamides is 1. The molecule has 1 aliphatic heterocycles. The van der Waals surface area contributed by atoms with Gasteiger partial charge in [0.25, 0.3) is 0 Å². The second-order valence-electron chi connectivity index (χ2n) is 6.41. The normalized spacial score (nSPS) is 17.0. The first-order valence-corrected chi connectivity index (χ1v) is 10.3. The largest absolute Gasteiger partial charge is 0.496 e. The average molecular weight is 395 g/mol. The van der Waals surface area contributed by atoms with Crippen LogP contribution < -0.4 is 9.46 Å². The van der Waals surface area contributed by atoms with Gasteiger partial charge in [0.15, 0.2) is 5.76 Å². The highest BCUT2D eigenvalue weighted by molar-refractivity contribution is 7.89. The quantitative estimate of drug-likeness (QED) is 0.762. The second-order valence-corrected chi connectivity index (χ2v) is 8.12. The summed E-state index contributed by atoms with van der Waals surface area (Å²) in [6, 6.07) is 7.48. The lowest BCUT2D eigenvalue weighted by molar-refractivity contribution is 0.0167. The van der Waals surface area contributed by atoms with Gasteiger partial charge in [-0.1, -0.05) is 23.4 Å². The van der Waals surface area contributed by atoms with E-state index in [1.54, 1.807) is 21.0 Å². The molecule has 27 heavy (non-hydrogen) atoms. The number of methoxy groups -OCH3 is 1. The van der Waals surface area contributed by atoms with Crippen molar-refractivity contribution in [2.75, 3.05) is 40.0 Å². The molecule has 0 spiro atoms. The van der Waals surface area contributed by atoms with Crippen molar-refractivity contribution < 1.29 is 22.4 Å². The number of nitrogens with one attached hydrogen (secondary N) is 1. The third-order valence-electron chi connectivity index (χ3n) is 4.69. The summed E-state index contributed by atoms with van der Waals surface area (Å²) in [6.07, 6.45) is 0. The minimum absolute atomic E-state index is 0.100. The molecule has 0 bridgehead atoms. The fourth-order valence-corrected chi connectivity index (χ4v) is 4.75. The minimum atomic E-state index is -3.74. The van der Waals surface area contributed by atoms with E-state index in [0.717, 1.165) is 24.4 Å². The van der Waals surface area contributed by atoms with Crippen molar-refractivity contribution in [2.24, 2.45) is 0 Å².